The number of nitrogens with one attached hydrogen (secondary N) is 1. The van der Waals surface area contributed by atoms with E-state index in [9.17, 15) is 14.4 Å². The molecule has 2 atom stereocenters. The first kappa shape index (κ1) is 33.0. The second-order valence-corrected chi connectivity index (χ2v) is 14.4. The molecular formula is C42H33BrClN3O4. The summed E-state index contributed by atoms with van der Waals surface area (Å²) in [6.07, 6.45) is 3.29. The van der Waals surface area contributed by atoms with Crippen molar-refractivity contribution in [2.75, 3.05) is 22.9 Å². The second-order valence-electron chi connectivity index (χ2n) is 13.0. The monoisotopic (exact) mass is 757 g/mol. The molecule has 3 aliphatic heterocycles. The molecule has 1 saturated heterocycles. The molecule has 3 aliphatic rings. The summed E-state index contributed by atoms with van der Waals surface area (Å²) in [6.45, 7) is 2.06. The molecule has 0 unspecified atom stereocenters. The van der Waals surface area contributed by atoms with E-state index in [1.165, 1.54) is 22.9 Å². The number of barbiturate groups is 1. The Balaban J connectivity index is 1.22. The molecule has 9 heteroatoms. The molecule has 7 nitrogen and oxygen atoms in total. The van der Waals surface area contributed by atoms with E-state index in [1.807, 2.05) is 72.8 Å². The normalized spacial score (nSPS) is 19.2. The summed E-state index contributed by atoms with van der Waals surface area (Å²) in [5, 5.41) is 3.03. The van der Waals surface area contributed by atoms with Crippen LogP contribution in [0.2, 0.25) is 5.02 Å². The van der Waals surface area contributed by atoms with E-state index in [0.29, 0.717) is 22.0 Å². The van der Waals surface area contributed by atoms with Crippen molar-refractivity contribution in [3.63, 3.8) is 0 Å². The number of ether oxygens (including phenoxy) is 1. The first-order valence-corrected chi connectivity index (χ1v) is 18.1. The van der Waals surface area contributed by atoms with Crippen LogP contribution >= 0.6 is 27.5 Å². The number of carbonyl (C=O) groups is 3. The lowest BCUT2D eigenvalue weighted by molar-refractivity contribution is -0.122. The molecule has 0 saturated carbocycles. The Morgan fingerprint density at radius 1 is 0.784 bits per heavy atom. The Morgan fingerprint density at radius 3 is 2.06 bits per heavy atom. The van der Waals surface area contributed by atoms with Crippen molar-refractivity contribution in [3.05, 3.63) is 164 Å². The SMILES string of the molecule is O=C1NC(=O)N(c2cc3c4c(c2)[C@H](c2ccccc2)CCN4CC[C@@H]3c2ccccc2)C(=O)/C1=C/c1cc(Br)ccc1OCc1cccc(Cl)c1. The molecule has 0 bridgehead atoms. The minimum absolute atomic E-state index is 0.0751. The Hall–Kier alpha value is -5.18. The molecule has 1 fully saturated rings. The third-order valence-corrected chi connectivity index (χ3v) is 10.6. The minimum Gasteiger partial charge on any atom is -0.488 e. The largest absolute Gasteiger partial charge is 0.488 e. The summed E-state index contributed by atoms with van der Waals surface area (Å²) >= 11 is 9.68. The van der Waals surface area contributed by atoms with Gasteiger partial charge in [-0.05, 0) is 89.2 Å². The van der Waals surface area contributed by atoms with Gasteiger partial charge in [-0.25, -0.2) is 9.69 Å². The van der Waals surface area contributed by atoms with Gasteiger partial charge < -0.3 is 9.64 Å². The predicted molar refractivity (Wildman–Crippen MR) is 203 cm³/mol. The fourth-order valence-corrected chi connectivity index (χ4v) is 8.16. The van der Waals surface area contributed by atoms with Crippen LogP contribution in [0.5, 0.6) is 5.75 Å². The Bertz CT molecular complexity index is 2130. The maximum Gasteiger partial charge on any atom is 0.335 e. The molecule has 4 amide bonds. The van der Waals surface area contributed by atoms with Crippen LogP contribution in [-0.4, -0.2) is 30.9 Å². The lowest BCUT2D eigenvalue weighted by Crippen LogP contribution is -2.54. The van der Waals surface area contributed by atoms with Gasteiger partial charge in [-0.2, -0.15) is 0 Å². The number of imide groups is 2. The zero-order valence-electron chi connectivity index (χ0n) is 27.5. The first-order chi connectivity index (χ1) is 24.8. The van der Waals surface area contributed by atoms with Crippen molar-refractivity contribution in [1.82, 2.24) is 5.32 Å². The summed E-state index contributed by atoms with van der Waals surface area (Å²) in [7, 11) is 0. The standard InChI is InChI=1S/C42H33BrClN3O4/c43-30-14-15-38(51-25-26-8-7-13-31(44)20-26)29(21-30)22-37-40(48)45-42(50)47(41(37)49)32-23-35-33(27-9-3-1-4-10-27)16-18-46-19-17-34(36(24-32)39(35)46)28-11-5-2-6-12-28/h1-15,20-24,33-34H,16-19,25H2,(H,45,48,50)/b37-22+/t33-,34+. The van der Waals surface area contributed by atoms with E-state index in [2.05, 4.69) is 50.4 Å². The van der Waals surface area contributed by atoms with Crippen molar-refractivity contribution in [2.45, 2.75) is 31.3 Å². The van der Waals surface area contributed by atoms with Crippen LogP contribution in [0.25, 0.3) is 6.08 Å². The molecule has 254 valence electrons. The third kappa shape index (κ3) is 6.46. The van der Waals surface area contributed by atoms with Crippen molar-refractivity contribution in [3.8, 4) is 5.75 Å². The number of benzene rings is 5. The highest BCUT2D eigenvalue weighted by atomic mass is 79.9. The number of halogens is 2. The molecule has 1 N–H and O–H groups in total. The van der Waals surface area contributed by atoms with Crippen LogP contribution in [-0.2, 0) is 16.2 Å². The maximum atomic E-state index is 14.4. The summed E-state index contributed by atoms with van der Waals surface area (Å²) < 4.78 is 6.88. The summed E-state index contributed by atoms with van der Waals surface area (Å²) in [5.41, 5.74) is 7.32. The molecule has 8 rings (SSSR count). The van der Waals surface area contributed by atoms with Gasteiger partial charge in [0.05, 0.1) is 5.69 Å². The van der Waals surface area contributed by atoms with Gasteiger partial charge in [0.15, 0.2) is 0 Å². The molecule has 51 heavy (non-hydrogen) atoms. The van der Waals surface area contributed by atoms with E-state index in [-0.39, 0.29) is 24.0 Å². The Morgan fingerprint density at radius 2 is 1.43 bits per heavy atom. The highest BCUT2D eigenvalue weighted by molar-refractivity contribution is 9.10. The third-order valence-electron chi connectivity index (χ3n) is 9.91. The minimum atomic E-state index is -0.781. The van der Waals surface area contributed by atoms with Crippen LogP contribution in [0.4, 0.5) is 16.2 Å². The highest BCUT2D eigenvalue weighted by Crippen LogP contribution is 2.50. The predicted octanol–water partition coefficient (Wildman–Crippen LogP) is 9.23. The summed E-state index contributed by atoms with van der Waals surface area (Å²) in [5.74, 6) is -0.855. The van der Waals surface area contributed by atoms with E-state index >= 15 is 0 Å². The number of anilines is 2. The molecule has 5 aromatic carbocycles. The fraction of sp³-hybridized carbons (Fsp3) is 0.167. The maximum absolute atomic E-state index is 14.4. The number of rotatable bonds is 7. The van der Waals surface area contributed by atoms with Crippen LogP contribution < -0.4 is 19.9 Å². The van der Waals surface area contributed by atoms with Gasteiger partial charge in [0.1, 0.15) is 17.9 Å². The van der Waals surface area contributed by atoms with E-state index in [1.54, 1.807) is 18.2 Å². The van der Waals surface area contributed by atoms with Crippen molar-refractivity contribution in [2.24, 2.45) is 0 Å². The van der Waals surface area contributed by atoms with Gasteiger partial charge in [-0.3, -0.25) is 14.9 Å². The first-order valence-electron chi connectivity index (χ1n) is 16.9. The average molecular weight is 759 g/mol. The average Bonchev–Trinajstić information content (AvgIpc) is 3.14. The van der Waals surface area contributed by atoms with E-state index in [0.717, 1.165) is 52.0 Å². The molecule has 0 spiro atoms. The lowest BCUT2D eigenvalue weighted by Gasteiger charge is -2.44. The molecular weight excluding hydrogens is 726 g/mol. The van der Waals surface area contributed by atoms with Gasteiger partial charge >= 0.3 is 6.03 Å². The van der Waals surface area contributed by atoms with Crippen LogP contribution in [0.1, 0.15) is 58.1 Å². The van der Waals surface area contributed by atoms with Gasteiger partial charge in [-0.1, -0.05) is 100 Å². The number of carbonyl (C=O) groups excluding carboxylic acids is 3. The molecule has 3 heterocycles. The van der Waals surface area contributed by atoms with Gasteiger partial charge in [0.25, 0.3) is 11.8 Å². The van der Waals surface area contributed by atoms with Gasteiger partial charge in [0, 0.05) is 45.7 Å². The summed E-state index contributed by atoms with van der Waals surface area (Å²) in [4.78, 5) is 45.0. The Kier molecular flexibility index (Phi) is 8.96. The van der Waals surface area contributed by atoms with Crippen LogP contribution in [0.3, 0.4) is 0 Å². The molecule has 5 aromatic rings. The number of amides is 4. The number of hydrogen-bond acceptors (Lipinski definition) is 5. The van der Waals surface area contributed by atoms with Crippen molar-refractivity contribution >= 4 is 62.8 Å². The van der Waals surface area contributed by atoms with Crippen LogP contribution in [0, 0.1) is 0 Å². The number of hydrogen-bond donors (Lipinski definition) is 1. The van der Waals surface area contributed by atoms with Crippen molar-refractivity contribution in [1.29, 1.82) is 0 Å². The van der Waals surface area contributed by atoms with E-state index < -0.39 is 17.8 Å². The highest BCUT2D eigenvalue weighted by Gasteiger charge is 2.40. The molecule has 0 radical (unpaired) electrons. The smallest absolute Gasteiger partial charge is 0.335 e. The van der Waals surface area contributed by atoms with Gasteiger partial charge in [0.2, 0.25) is 0 Å². The van der Waals surface area contributed by atoms with Gasteiger partial charge in [-0.15, -0.1) is 0 Å². The van der Waals surface area contributed by atoms with E-state index in [4.69, 9.17) is 16.3 Å². The quantitative estimate of drug-likeness (QED) is 0.132. The van der Waals surface area contributed by atoms with Crippen LogP contribution in [0.15, 0.2) is 125 Å². The second kappa shape index (κ2) is 13.9. The zero-order chi connectivity index (χ0) is 35.1. The zero-order valence-corrected chi connectivity index (χ0v) is 29.9. The number of nitrogens with zero attached hydrogens (tertiary/aromatic N) is 2. The Labute approximate surface area is 309 Å². The van der Waals surface area contributed by atoms with Crippen molar-refractivity contribution < 1.29 is 19.1 Å². The lowest BCUT2D eigenvalue weighted by atomic mass is 9.76. The fourth-order valence-electron chi connectivity index (χ4n) is 7.57. The summed E-state index contributed by atoms with van der Waals surface area (Å²) in [6, 6.07) is 36.6. The molecule has 0 aromatic heterocycles. The molecule has 0 aliphatic carbocycles. The topological polar surface area (TPSA) is 79.0 Å². The number of urea groups is 1.